The summed E-state index contributed by atoms with van der Waals surface area (Å²) in [6, 6.07) is 12.2. The monoisotopic (exact) mass is 326 g/mol. The topological polar surface area (TPSA) is 66.9 Å². The van der Waals surface area contributed by atoms with Crippen molar-refractivity contribution in [3.05, 3.63) is 42.7 Å². The van der Waals surface area contributed by atoms with Crippen molar-refractivity contribution in [3.8, 4) is 10.4 Å². The van der Waals surface area contributed by atoms with Crippen molar-refractivity contribution in [2.45, 2.75) is 13.3 Å². The van der Waals surface area contributed by atoms with Gasteiger partial charge in [-0.3, -0.25) is 4.79 Å². The van der Waals surface area contributed by atoms with Crippen molar-refractivity contribution in [1.82, 2.24) is 15.3 Å². The summed E-state index contributed by atoms with van der Waals surface area (Å²) in [4.78, 5) is 22.4. The number of carbonyl (C=O) groups is 1. The molecule has 0 fully saturated rings. The van der Waals surface area contributed by atoms with E-state index in [2.05, 4.69) is 38.8 Å². The third-order valence-electron chi connectivity index (χ3n) is 3.38. The molecular weight excluding hydrogens is 308 g/mol. The summed E-state index contributed by atoms with van der Waals surface area (Å²) in [5.74, 6) is 0.664. The second-order valence-electron chi connectivity index (χ2n) is 5.12. The zero-order chi connectivity index (χ0) is 16.1. The van der Waals surface area contributed by atoms with E-state index in [0.717, 1.165) is 27.1 Å². The minimum absolute atomic E-state index is 0.0304. The fraction of sp³-hybridized carbons (Fsp3) is 0.235. The first-order chi connectivity index (χ1) is 11.3. The molecule has 0 atom stereocenters. The van der Waals surface area contributed by atoms with Crippen molar-refractivity contribution in [1.29, 1.82) is 0 Å². The fourth-order valence-corrected chi connectivity index (χ4v) is 3.24. The Hall–Kier alpha value is -2.47. The molecule has 23 heavy (non-hydrogen) atoms. The lowest BCUT2D eigenvalue weighted by atomic mass is 10.2. The number of aromatic nitrogens is 2. The number of nitrogens with zero attached hydrogens (tertiary/aromatic N) is 2. The largest absolute Gasteiger partial charge is 0.360 e. The Morgan fingerprint density at radius 3 is 2.83 bits per heavy atom. The molecule has 118 valence electrons. The highest BCUT2D eigenvalue weighted by Gasteiger charge is 2.10. The molecule has 6 heteroatoms. The van der Waals surface area contributed by atoms with Crippen molar-refractivity contribution in [3.63, 3.8) is 0 Å². The first-order valence-electron chi connectivity index (χ1n) is 7.58. The predicted molar refractivity (Wildman–Crippen MR) is 94.6 cm³/mol. The van der Waals surface area contributed by atoms with Gasteiger partial charge in [0.25, 0.3) is 0 Å². The van der Waals surface area contributed by atoms with E-state index < -0.39 is 0 Å². The average molecular weight is 326 g/mol. The van der Waals surface area contributed by atoms with Gasteiger partial charge in [-0.15, -0.1) is 11.3 Å². The first-order valence-corrected chi connectivity index (χ1v) is 8.40. The number of amides is 1. The zero-order valence-electron chi connectivity index (χ0n) is 12.9. The van der Waals surface area contributed by atoms with Crippen LogP contribution in [0.1, 0.15) is 13.3 Å². The van der Waals surface area contributed by atoms with Gasteiger partial charge in [0.2, 0.25) is 5.91 Å². The molecule has 3 rings (SSSR count). The Balaban J connectivity index is 1.81. The summed E-state index contributed by atoms with van der Waals surface area (Å²) in [6.45, 7) is 2.93. The maximum atomic E-state index is 11.7. The van der Waals surface area contributed by atoms with Crippen molar-refractivity contribution < 1.29 is 4.79 Å². The van der Waals surface area contributed by atoms with Gasteiger partial charge in [-0.1, -0.05) is 37.3 Å². The minimum Gasteiger partial charge on any atom is -0.360 e. The summed E-state index contributed by atoms with van der Waals surface area (Å²) in [5.41, 5.74) is 1.15. The average Bonchev–Trinajstić information content (AvgIpc) is 3.03. The lowest BCUT2D eigenvalue weighted by Gasteiger charge is -2.06. The molecule has 0 radical (unpaired) electrons. The van der Waals surface area contributed by atoms with Crippen LogP contribution in [0.25, 0.3) is 20.7 Å². The van der Waals surface area contributed by atoms with E-state index in [1.807, 2.05) is 25.1 Å². The third kappa shape index (κ3) is 3.65. The molecule has 0 saturated carbocycles. The van der Waals surface area contributed by atoms with E-state index in [1.54, 1.807) is 11.3 Å². The van der Waals surface area contributed by atoms with Gasteiger partial charge >= 0.3 is 0 Å². The standard InChI is InChI=1S/C17H18N4OS/c1-2-8-18-15(22)10-19-16-13-9-14(12-6-4-3-5-7-12)23-17(13)21-11-20-16/h3-7,9,11H,2,8,10H2,1H3,(H,18,22)(H,19,20,21). The van der Waals surface area contributed by atoms with Gasteiger partial charge in [0.05, 0.1) is 11.9 Å². The third-order valence-corrected chi connectivity index (χ3v) is 4.47. The maximum absolute atomic E-state index is 11.7. The van der Waals surface area contributed by atoms with Gasteiger partial charge in [-0.2, -0.15) is 0 Å². The Bertz CT molecular complexity index is 801. The Labute approximate surface area is 138 Å². The summed E-state index contributed by atoms with van der Waals surface area (Å²) in [5, 5.41) is 6.89. The smallest absolute Gasteiger partial charge is 0.239 e. The number of thiophene rings is 1. The van der Waals surface area contributed by atoms with Gasteiger partial charge in [-0.05, 0) is 18.1 Å². The molecule has 0 aliphatic carbocycles. The number of anilines is 1. The van der Waals surface area contributed by atoms with Gasteiger partial charge < -0.3 is 10.6 Å². The molecule has 5 nitrogen and oxygen atoms in total. The van der Waals surface area contributed by atoms with Gasteiger partial charge in [0.15, 0.2) is 0 Å². The molecule has 1 aromatic carbocycles. The van der Waals surface area contributed by atoms with Gasteiger partial charge in [0, 0.05) is 11.4 Å². The summed E-state index contributed by atoms with van der Waals surface area (Å²) < 4.78 is 0. The SMILES string of the molecule is CCCNC(=O)CNc1ncnc2sc(-c3ccccc3)cc12. The summed E-state index contributed by atoms with van der Waals surface area (Å²) in [7, 11) is 0. The van der Waals surface area contributed by atoms with E-state index in [4.69, 9.17) is 0 Å². The fourth-order valence-electron chi connectivity index (χ4n) is 2.23. The molecule has 1 amide bonds. The highest BCUT2D eigenvalue weighted by molar-refractivity contribution is 7.21. The van der Waals surface area contributed by atoms with E-state index in [0.29, 0.717) is 12.4 Å². The minimum atomic E-state index is -0.0304. The number of nitrogens with one attached hydrogen (secondary N) is 2. The molecule has 0 aliphatic heterocycles. The molecule has 2 aromatic heterocycles. The zero-order valence-corrected chi connectivity index (χ0v) is 13.7. The number of carbonyl (C=O) groups excluding carboxylic acids is 1. The van der Waals surface area contributed by atoms with Gasteiger partial charge in [-0.25, -0.2) is 9.97 Å². The number of fused-ring (bicyclic) bond motifs is 1. The second kappa shape index (κ2) is 7.19. The number of rotatable bonds is 6. The Kier molecular flexibility index (Phi) is 4.83. The lowest BCUT2D eigenvalue weighted by Crippen LogP contribution is -2.30. The van der Waals surface area contributed by atoms with Crippen LogP contribution < -0.4 is 10.6 Å². The van der Waals surface area contributed by atoms with Crippen LogP contribution in [0.4, 0.5) is 5.82 Å². The van der Waals surface area contributed by atoms with Crippen LogP contribution in [0.5, 0.6) is 0 Å². The van der Waals surface area contributed by atoms with Crippen LogP contribution >= 0.6 is 11.3 Å². The molecule has 0 unspecified atom stereocenters. The quantitative estimate of drug-likeness (QED) is 0.729. The maximum Gasteiger partial charge on any atom is 0.239 e. The van der Waals surface area contributed by atoms with Crippen LogP contribution in [-0.4, -0.2) is 29.0 Å². The van der Waals surface area contributed by atoms with E-state index >= 15 is 0 Å². The summed E-state index contributed by atoms with van der Waals surface area (Å²) >= 11 is 1.62. The van der Waals surface area contributed by atoms with E-state index in [-0.39, 0.29) is 12.5 Å². The number of hydrogen-bond donors (Lipinski definition) is 2. The molecule has 0 saturated heterocycles. The molecule has 2 N–H and O–H groups in total. The van der Waals surface area contributed by atoms with E-state index in [1.165, 1.54) is 6.33 Å². The molecule has 2 heterocycles. The number of hydrogen-bond acceptors (Lipinski definition) is 5. The molecule has 0 spiro atoms. The molecule has 0 aliphatic rings. The van der Waals surface area contributed by atoms with E-state index in [9.17, 15) is 4.79 Å². The highest BCUT2D eigenvalue weighted by Crippen LogP contribution is 2.34. The molecule has 3 aromatic rings. The van der Waals surface area contributed by atoms with Gasteiger partial charge in [0.1, 0.15) is 17.0 Å². The van der Waals surface area contributed by atoms with Crippen molar-refractivity contribution in [2.75, 3.05) is 18.4 Å². The lowest BCUT2D eigenvalue weighted by molar-refractivity contribution is -0.119. The highest BCUT2D eigenvalue weighted by atomic mass is 32.1. The van der Waals surface area contributed by atoms with Crippen LogP contribution in [-0.2, 0) is 4.79 Å². The van der Waals surface area contributed by atoms with Crippen LogP contribution in [0.15, 0.2) is 42.7 Å². The molecule has 0 bridgehead atoms. The van der Waals surface area contributed by atoms with Crippen LogP contribution in [0, 0.1) is 0 Å². The Morgan fingerprint density at radius 2 is 2.04 bits per heavy atom. The van der Waals surface area contributed by atoms with Crippen LogP contribution in [0.2, 0.25) is 0 Å². The number of benzene rings is 1. The first kappa shape index (κ1) is 15.4. The normalized spacial score (nSPS) is 10.7. The Morgan fingerprint density at radius 1 is 1.22 bits per heavy atom. The van der Waals surface area contributed by atoms with Crippen LogP contribution in [0.3, 0.4) is 0 Å². The molecular formula is C17H18N4OS. The van der Waals surface area contributed by atoms with Crippen molar-refractivity contribution >= 4 is 33.3 Å². The second-order valence-corrected chi connectivity index (χ2v) is 6.15. The predicted octanol–water partition coefficient (Wildman–Crippen LogP) is 3.30. The van der Waals surface area contributed by atoms with Crippen molar-refractivity contribution in [2.24, 2.45) is 0 Å². The summed E-state index contributed by atoms with van der Waals surface area (Å²) in [6.07, 6.45) is 2.45.